The topological polar surface area (TPSA) is 58.4 Å². The van der Waals surface area contributed by atoms with Crippen LogP contribution in [0.25, 0.3) is 0 Å². The van der Waals surface area contributed by atoms with Crippen LogP contribution >= 0.6 is 0 Å². The van der Waals surface area contributed by atoms with Crippen LogP contribution in [0.2, 0.25) is 0 Å². The van der Waals surface area contributed by atoms with Crippen molar-refractivity contribution in [3.63, 3.8) is 0 Å². The van der Waals surface area contributed by atoms with E-state index in [1.807, 2.05) is 38.1 Å². The van der Waals surface area contributed by atoms with Crippen LogP contribution in [0.5, 0.6) is 0 Å². The number of hydrogen-bond acceptors (Lipinski definition) is 4. The summed E-state index contributed by atoms with van der Waals surface area (Å²) in [6.07, 6.45) is 0. The Kier molecular flexibility index (Phi) is 4.60. The summed E-state index contributed by atoms with van der Waals surface area (Å²) in [4.78, 5) is 12.0. The van der Waals surface area contributed by atoms with Crippen molar-refractivity contribution >= 4 is 17.1 Å². The Balaban J connectivity index is 2.12. The molecular weight excluding hydrogens is 285 g/mol. The average Bonchev–Trinajstić information content (AvgIpc) is 2.46. The van der Waals surface area contributed by atoms with Gasteiger partial charge in [-0.25, -0.2) is 4.39 Å². The number of hydrogen-bond donors (Lipinski definition) is 1. The van der Waals surface area contributed by atoms with E-state index in [-0.39, 0.29) is 11.4 Å². The van der Waals surface area contributed by atoms with Crippen molar-refractivity contribution in [2.75, 3.05) is 24.3 Å². The molecule has 0 aliphatic heterocycles. The Bertz CT molecular complexity index is 702. The summed E-state index contributed by atoms with van der Waals surface area (Å²) in [5.74, 6) is -0.628. The molecule has 0 amide bonds. The molecule has 0 radical (unpaired) electrons. The second-order valence-corrected chi connectivity index (χ2v) is 5.28. The average molecular weight is 303 g/mol. The van der Waals surface area contributed by atoms with Crippen LogP contribution in [0, 0.1) is 22.9 Å². The first kappa shape index (κ1) is 15.8. The highest BCUT2D eigenvalue weighted by Crippen LogP contribution is 2.22. The van der Waals surface area contributed by atoms with E-state index in [4.69, 9.17) is 0 Å². The van der Waals surface area contributed by atoms with Gasteiger partial charge < -0.3 is 10.2 Å². The van der Waals surface area contributed by atoms with Crippen molar-refractivity contribution in [1.29, 1.82) is 0 Å². The lowest BCUT2D eigenvalue weighted by Crippen LogP contribution is -2.10. The number of nitro groups is 1. The largest absolute Gasteiger partial charge is 0.379 e. The molecule has 2 aromatic carbocycles. The summed E-state index contributed by atoms with van der Waals surface area (Å²) < 4.78 is 13.8. The molecular formula is C16H18FN3O2. The molecule has 0 spiro atoms. The Hall–Kier alpha value is -2.63. The maximum Gasteiger partial charge on any atom is 0.272 e. The number of anilines is 2. The summed E-state index contributed by atoms with van der Waals surface area (Å²) in [6.45, 7) is 2.45. The van der Waals surface area contributed by atoms with E-state index < -0.39 is 10.7 Å². The minimum atomic E-state index is -0.628. The van der Waals surface area contributed by atoms with Gasteiger partial charge in [0.05, 0.1) is 16.7 Å². The molecule has 0 bridgehead atoms. The number of nitro benzene ring substituents is 1. The summed E-state index contributed by atoms with van der Waals surface area (Å²) in [7, 11) is 3.94. The molecule has 1 N–H and O–H groups in total. The van der Waals surface area contributed by atoms with Gasteiger partial charge in [-0.3, -0.25) is 10.1 Å². The molecule has 116 valence electrons. The SMILES string of the molecule is Cc1cc(N(C)C)ccc1CNc1ccc([N+](=O)[O-])cc1F. The number of halogens is 1. The van der Waals surface area contributed by atoms with E-state index in [0.717, 1.165) is 22.9 Å². The quantitative estimate of drug-likeness (QED) is 0.675. The third kappa shape index (κ3) is 3.52. The first-order chi connectivity index (χ1) is 10.4. The predicted molar refractivity (Wildman–Crippen MR) is 85.9 cm³/mol. The summed E-state index contributed by atoms with van der Waals surface area (Å²) >= 11 is 0. The van der Waals surface area contributed by atoms with Gasteiger partial charge in [0.2, 0.25) is 0 Å². The number of non-ortho nitro benzene ring substituents is 1. The Labute approximate surface area is 128 Å². The van der Waals surface area contributed by atoms with Gasteiger partial charge in [0.25, 0.3) is 5.69 Å². The van der Waals surface area contributed by atoms with Crippen LogP contribution in [-0.4, -0.2) is 19.0 Å². The lowest BCUT2D eigenvalue weighted by molar-refractivity contribution is -0.385. The van der Waals surface area contributed by atoms with E-state index in [1.54, 1.807) is 0 Å². The molecule has 6 heteroatoms. The maximum absolute atomic E-state index is 13.8. The van der Waals surface area contributed by atoms with Crippen LogP contribution in [-0.2, 0) is 6.54 Å². The summed E-state index contributed by atoms with van der Waals surface area (Å²) in [5.41, 5.74) is 3.24. The van der Waals surface area contributed by atoms with Gasteiger partial charge in [-0.05, 0) is 36.2 Å². The van der Waals surface area contributed by atoms with E-state index >= 15 is 0 Å². The minimum absolute atomic E-state index is 0.252. The number of aryl methyl sites for hydroxylation is 1. The highest BCUT2D eigenvalue weighted by Gasteiger charge is 2.10. The van der Waals surface area contributed by atoms with Crippen molar-refractivity contribution in [1.82, 2.24) is 0 Å². The fourth-order valence-corrected chi connectivity index (χ4v) is 2.11. The number of rotatable bonds is 5. The minimum Gasteiger partial charge on any atom is -0.379 e. The highest BCUT2D eigenvalue weighted by molar-refractivity contribution is 5.53. The molecule has 2 rings (SSSR count). The van der Waals surface area contributed by atoms with Crippen molar-refractivity contribution in [3.05, 3.63) is 63.5 Å². The van der Waals surface area contributed by atoms with Crippen molar-refractivity contribution in [2.45, 2.75) is 13.5 Å². The molecule has 0 saturated carbocycles. The molecule has 0 atom stereocenters. The zero-order valence-electron chi connectivity index (χ0n) is 12.8. The van der Waals surface area contributed by atoms with Gasteiger partial charge in [-0.15, -0.1) is 0 Å². The third-order valence-electron chi connectivity index (χ3n) is 3.48. The van der Waals surface area contributed by atoms with E-state index in [0.29, 0.717) is 6.54 Å². The second kappa shape index (κ2) is 6.43. The molecule has 0 aliphatic rings. The number of nitrogens with one attached hydrogen (secondary N) is 1. The molecule has 0 aliphatic carbocycles. The molecule has 0 fully saturated rings. The Morgan fingerprint density at radius 3 is 2.50 bits per heavy atom. The van der Waals surface area contributed by atoms with Crippen LogP contribution in [0.3, 0.4) is 0 Å². The molecule has 2 aromatic rings. The Morgan fingerprint density at radius 2 is 1.95 bits per heavy atom. The maximum atomic E-state index is 13.8. The molecule has 0 unspecified atom stereocenters. The lowest BCUT2D eigenvalue weighted by atomic mass is 10.1. The van der Waals surface area contributed by atoms with Gasteiger partial charge in [0, 0.05) is 32.4 Å². The number of benzene rings is 2. The van der Waals surface area contributed by atoms with Gasteiger partial charge >= 0.3 is 0 Å². The molecule has 5 nitrogen and oxygen atoms in total. The predicted octanol–water partition coefficient (Wildman–Crippen LogP) is 3.72. The summed E-state index contributed by atoms with van der Waals surface area (Å²) in [6, 6.07) is 9.63. The van der Waals surface area contributed by atoms with Crippen LogP contribution in [0.4, 0.5) is 21.5 Å². The van der Waals surface area contributed by atoms with Crippen molar-refractivity contribution in [2.24, 2.45) is 0 Å². The molecule has 0 saturated heterocycles. The zero-order chi connectivity index (χ0) is 16.3. The van der Waals surface area contributed by atoms with Gasteiger partial charge in [-0.1, -0.05) is 6.07 Å². The van der Waals surface area contributed by atoms with E-state index in [2.05, 4.69) is 11.4 Å². The molecule has 22 heavy (non-hydrogen) atoms. The van der Waals surface area contributed by atoms with E-state index in [1.165, 1.54) is 12.1 Å². The first-order valence-corrected chi connectivity index (χ1v) is 6.83. The van der Waals surface area contributed by atoms with Crippen molar-refractivity contribution < 1.29 is 9.31 Å². The molecule has 0 heterocycles. The lowest BCUT2D eigenvalue weighted by Gasteiger charge is -2.16. The second-order valence-electron chi connectivity index (χ2n) is 5.28. The fourth-order valence-electron chi connectivity index (χ4n) is 2.11. The van der Waals surface area contributed by atoms with Crippen LogP contribution < -0.4 is 10.2 Å². The van der Waals surface area contributed by atoms with Gasteiger partial charge in [-0.2, -0.15) is 0 Å². The smallest absolute Gasteiger partial charge is 0.272 e. The van der Waals surface area contributed by atoms with Gasteiger partial charge in [0.1, 0.15) is 0 Å². The fraction of sp³-hybridized carbons (Fsp3) is 0.250. The molecule has 0 aromatic heterocycles. The summed E-state index contributed by atoms with van der Waals surface area (Å²) in [5, 5.41) is 13.6. The van der Waals surface area contributed by atoms with E-state index in [9.17, 15) is 14.5 Å². The first-order valence-electron chi connectivity index (χ1n) is 6.83. The van der Waals surface area contributed by atoms with Crippen molar-refractivity contribution in [3.8, 4) is 0 Å². The normalized spacial score (nSPS) is 10.4. The zero-order valence-corrected chi connectivity index (χ0v) is 12.8. The highest BCUT2D eigenvalue weighted by atomic mass is 19.1. The monoisotopic (exact) mass is 303 g/mol. The Morgan fingerprint density at radius 1 is 1.23 bits per heavy atom. The number of nitrogens with zero attached hydrogens (tertiary/aromatic N) is 2. The standard InChI is InChI=1S/C16H18FN3O2/c1-11-8-13(19(2)3)5-4-12(11)10-18-16-7-6-14(20(21)22)9-15(16)17/h4-9,18H,10H2,1-3H3. The van der Waals surface area contributed by atoms with Gasteiger partial charge in [0.15, 0.2) is 5.82 Å². The van der Waals surface area contributed by atoms with Crippen LogP contribution in [0.15, 0.2) is 36.4 Å². The third-order valence-corrected chi connectivity index (χ3v) is 3.48. The van der Waals surface area contributed by atoms with Crippen LogP contribution in [0.1, 0.15) is 11.1 Å².